The van der Waals surface area contributed by atoms with E-state index in [0.29, 0.717) is 12.6 Å². The molecule has 0 radical (unpaired) electrons. The third-order valence-corrected chi connectivity index (χ3v) is 11.4. The number of ether oxygens (including phenoxy) is 1. The molecule has 0 aliphatic carbocycles. The van der Waals surface area contributed by atoms with Gasteiger partial charge in [0.25, 0.3) is 8.32 Å². The van der Waals surface area contributed by atoms with Gasteiger partial charge in [0.1, 0.15) is 6.29 Å². The Balaban J connectivity index is 1.93. The maximum atomic E-state index is 12.5. The van der Waals surface area contributed by atoms with Gasteiger partial charge in [-0.3, -0.25) is 4.79 Å². The summed E-state index contributed by atoms with van der Waals surface area (Å²) in [6.07, 6.45) is -0.736. The van der Waals surface area contributed by atoms with Crippen LogP contribution in [0, 0.1) is 0 Å². The number of aliphatic hydroxyl groups is 1. The first kappa shape index (κ1) is 28.2. The molecule has 0 aliphatic rings. The second-order valence-corrected chi connectivity index (χ2v) is 14.5. The van der Waals surface area contributed by atoms with Gasteiger partial charge in [0, 0.05) is 12.8 Å². The Morgan fingerprint density at radius 1 is 0.865 bits per heavy atom. The molecule has 0 saturated heterocycles. The Morgan fingerprint density at radius 3 is 1.78 bits per heavy atom. The smallest absolute Gasteiger partial charge is 0.338 e. The van der Waals surface area contributed by atoms with Gasteiger partial charge in [0.05, 0.1) is 17.8 Å². The van der Waals surface area contributed by atoms with Crippen molar-refractivity contribution in [3.05, 3.63) is 96.6 Å². The monoisotopic (exact) mass is 518 g/mol. The van der Waals surface area contributed by atoms with E-state index in [-0.39, 0.29) is 30.1 Å². The highest BCUT2D eigenvalue weighted by Crippen LogP contribution is 2.37. The Kier molecular flexibility index (Phi) is 9.32. The van der Waals surface area contributed by atoms with Gasteiger partial charge in [-0.25, -0.2) is 4.79 Å². The molecule has 0 aliphatic heterocycles. The van der Waals surface area contributed by atoms with Gasteiger partial charge in [-0.1, -0.05) is 99.6 Å². The number of hydrogen-bond acceptors (Lipinski definition) is 6. The Labute approximate surface area is 219 Å². The van der Waals surface area contributed by atoms with Crippen molar-refractivity contribution in [2.24, 2.45) is 0 Å². The molecule has 194 valence electrons. The van der Waals surface area contributed by atoms with Crippen LogP contribution >= 0.6 is 0 Å². The number of carbonyl (C=O) groups excluding carboxylic acids is 3. The Morgan fingerprint density at radius 2 is 1.35 bits per heavy atom. The minimum atomic E-state index is -3.01. The molecule has 0 bridgehead atoms. The van der Waals surface area contributed by atoms with E-state index >= 15 is 0 Å². The highest BCUT2D eigenvalue weighted by molar-refractivity contribution is 6.99. The van der Waals surface area contributed by atoms with Gasteiger partial charge < -0.3 is 19.1 Å². The number of rotatable bonds is 12. The van der Waals surface area contributed by atoms with Crippen LogP contribution in [0.4, 0.5) is 0 Å². The molecule has 37 heavy (non-hydrogen) atoms. The molecule has 2 atom stereocenters. The molecule has 0 saturated carbocycles. The Hall–Kier alpha value is -3.39. The normalized spacial score (nSPS) is 14.3. The SMILES string of the molecule is CC(C)(C)[Si](OC[C@](O)(CC=O)C[C@H](C=O)OC(=O)c1ccccc1)(c1ccccc1)c1ccccc1. The van der Waals surface area contributed by atoms with Crippen LogP contribution in [0.5, 0.6) is 0 Å². The first-order valence-electron chi connectivity index (χ1n) is 12.3. The number of benzene rings is 3. The van der Waals surface area contributed by atoms with Crippen molar-refractivity contribution in [3.8, 4) is 0 Å². The Bertz CT molecular complexity index is 1120. The molecule has 1 N–H and O–H groups in total. The molecule has 0 fully saturated rings. The number of hydrogen-bond donors (Lipinski definition) is 1. The predicted molar refractivity (Wildman–Crippen MR) is 146 cm³/mol. The largest absolute Gasteiger partial charge is 0.451 e. The van der Waals surface area contributed by atoms with Crippen molar-refractivity contribution in [3.63, 3.8) is 0 Å². The summed E-state index contributed by atoms with van der Waals surface area (Å²) in [7, 11) is -3.01. The van der Waals surface area contributed by atoms with Crippen LogP contribution in [0.1, 0.15) is 44.0 Å². The predicted octanol–water partition coefficient (Wildman–Crippen LogP) is 3.70. The van der Waals surface area contributed by atoms with Crippen LogP contribution in [0.2, 0.25) is 5.04 Å². The lowest BCUT2D eigenvalue weighted by Gasteiger charge is -2.44. The summed E-state index contributed by atoms with van der Waals surface area (Å²) in [5.41, 5.74) is -1.44. The topological polar surface area (TPSA) is 89.9 Å². The van der Waals surface area contributed by atoms with Crippen molar-refractivity contribution >= 4 is 37.2 Å². The van der Waals surface area contributed by atoms with E-state index in [1.54, 1.807) is 30.3 Å². The van der Waals surface area contributed by atoms with Gasteiger partial charge in [0.2, 0.25) is 0 Å². The maximum absolute atomic E-state index is 12.5. The number of esters is 1. The lowest BCUT2D eigenvalue weighted by Crippen LogP contribution is -2.67. The standard InChI is InChI=1S/C30H34O6Si/c1-29(2,3)37(26-15-9-5-10-16-26,27-17-11-6-12-18-27)35-23-30(34,19-20-31)21-25(22-32)36-28(33)24-13-7-4-8-14-24/h4-18,20,22,25,34H,19,21,23H2,1-3H3/t25-,30+/m1/s1. The maximum Gasteiger partial charge on any atom is 0.338 e. The van der Waals surface area contributed by atoms with Crippen molar-refractivity contribution in [2.45, 2.75) is 50.4 Å². The van der Waals surface area contributed by atoms with Crippen molar-refractivity contribution in [1.82, 2.24) is 0 Å². The van der Waals surface area contributed by atoms with Gasteiger partial charge in [-0.05, 0) is 27.5 Å². The molecule has 3 aromatic carbocycles. The first-order valence-corrected chi connectivity index (χ1v) is 14.2. The fraction of sp³-hybridized carbons (Fsp3) is 0.300. The minimum Gasteiger partial charge on any atom is -0.451 e. The molecule has 0 unspecified atom stereocenters. The van der Waals surface area contributed by atoms with Gasteiger partial charge in [-0.2, -0.15) is 0 Å². The molecule has 3 rings (SSSR count). The molecular formula is C30H34O6Si. The molecule has 6 nitrogen and oxygen atoms in total. The third-order valence-electron chi connectivity index (χ3n) is 6.44. The fourth-order valence-electron chi connectivity index (χ4n) is 4.63. The van der Waals surface area contributed by atoms with Crippen LogP contribution in [-0.2, 0) is 18.8 Å². The average Bonchev–Trinajstić information content (AvgIpc) is 2.89. The zero-order chi connectivity index (χ0) is 26.9. The summed E-state index contributed by atoms with van der Waals surface area (Å²) in [4.78, 5) is 36.0. The highest BCUT2D eigenvalue weighted by Gasteiger charge is 2.51. The average molecular weight is 519 g/mol. The lowest BCUT2D eigenvalue weighted by molar-refractivity contribution is -0.125. The molecule has 7 heteroatoms. The van der Waals surface area contributed by atoms with E-state index in [9.17, 15) is 19.5 Å². The quantitative estimate of drug-likeness (QED) is 0.223. The highest BCUT2D eigenvalue weighted by atomic mass is 28.4. The van der Waals surface area contributed by atoms with Gasteiger partial charge in [0.15, 0.2) is 12.4 Å². The van der Waals surface area contributed by atoms with Gasteiger partial charge in [-0.15, -0.1) is 0 Å². The number of carbonyl (C=O) groups is 3. The number of aldehydes is 2. The second kappa shape index (κ2) is 12.2. The van der Waals surface area contributed by atoms with Crippen molar-refractivity contribution in [1.29, 1.82) is 0 Å². The van der Waals surface area contributed by atoms with E-state index in [4.69, 9.17) is 9.16 Å². The van der Waals surface area contributed by atoms with Crippen LogP contribution in [-0.4, -0.2) is 50.3 Å². The third kappa shape index (κ3) is 6.68. The fourth-order valence-corrected chi connectivity index (χ4v) is 9.27. The van der Waals surface area contributed by atoms with E-state index in [1.807, 2.05) is 60.7 Å². The summed E-state index contributed by atoms with van der Waals surface area (Å²) >= 11 is 0. The van der Waals surface area contributed by atoms with E-state index in [1.165, 1.54) is 0 Å². The summed E-state index contributed by atoms with van der Waals surface area (Å²) in [6, 6.07) is 28.1. The zero-order valence-corrected chi connectivity index (χ0v) is 22.5. The van der Waals surface area contributed by atoms with Crippen LogP contribution in [0.3, 0.4) is 0 Å². The summed E-state index contributed by atoms with van der Waals surface area (Å²) in [6.45, 7) is 6.10. The van der Waals surface area contributed by atoms with E-state index in [0.717, 1.165) is 10.4 Å². The van der Waals surface area contributed by atoms with Crippen molar-refractivity contribution < 1.29 is 28.7 Å². The second-order valence-electron chi connectivity index (χ2n) is 10.2. The summed E-state index contributed by atoms with van der Waals surface area (Å²) in [5.74, 6) is -0.681. The zero-order valence-electron chi connectivity index (χ0n) is 21.5. The van der Waals surface area contributed by atoms with Crippen LogP contribution in [0.25, 0.3) is 0 Å². The minimum absolute atomic E-state index is 0.216. The van der Waals surface area contributed by atoms with Crippen LogP contribution in [0.15, 0.2) is 91.0 Å². The first-order chi connectivity index (χ1) is 17.6. The lowest BCUT2D eigenvalue weighted by atomic mass is 9.94. The summed E-state index contributed by atoms with van der Waals surface area (Å²) < 4.78 is 12.2. The van der Waals surface area contributed by atoms with E-state index < -0.39 is 26.0 Å². The van der Waals surface area contributed by atoms with E-state index in [2.05, 4.69) is 20.8 Å². The molecule has 0 aromatic heterocycles. The molecule has 0 spiro atoms. The van der Waals surface area contributed by atoms with Gasteiger partial charge >= 0.3 is 5.97 Å². The molecule has 3 aromatic rings. The summed E-state index contributed by atoms with van der Waals surface area (Å²) in [5, 5.41) is 13.2. The van der Waals surface area contributed by atoms with Crippen molar-refractivity contribution in [2.75, 3.05) is 6.61 Å². The molecule has 0 amide bonds. The molecular weight excluding hydrogens is 484 g/mol. The van der Waals surface area contributed by atoms with Crippen LogP contribution < -0.4 is 10.4 Å². The molecule has 0 heterocycles.